The van der Waals surface area contributed by atoms with Gasteiger partial charge in [0.2, 0.25) is 0 Å². The summed E-state index contributed by atoms with van der Waals surface area (Å²) >= 11 is 0. The molecule has 0 spiro atoms. The van der Waals surface area contributed by atoms with Crippen LogP contribution in [0.15, 0.2) is 18.2 Å². The highest BCUT2D eigenvalue weighted by molar-refractivity contribution is 5.94. The molecule has 3 heteroatoms. The number of carbonyl (C=O) groups is 1. The first-order valence-electron chi connectivity index (χ1n) is 7.33. The Morgan fingerprint density at radius 2 is 2.37 bits per heavy atom. The van der Waals surface area contributed by atoms with E-state index in [0.29, 0.717) is 5.92 Å². The number of piperidine rings is 1. The molecule has 1 atom stereocenters. The van der Waals surface area contributed by atoms with Crippen LogP contribution in [0.2, 0.25) is 0 Å². The minimum absolute atomic E-state index is 0.188. The molecule has 1 unspecified atom stereocenters. The molecule has 0 N–H and O–H groups in total. The van der Waals surface area contributed by atoms with Crippen LogP contribution in [0.5, 0.6) is 5.75 Å². The molecule has 1 aromatic rings. The number of benzene rings is 1. The molecule has 1 fully saturated rings. The van der Waals surface area contributed by atoms with Gasteiger partial charge in [-0.05, 0) is 42.5 Å². The van der Waals surface area contributed by atoms with E-state index in [0.717, 1.165) is 43.9 Å². The Morgan fingerprint density at radius 1 is 1.47 bits per heavy atom. The molecule has 2 aliphatic heterocycles. The van der Waals surface area contributed by atoms with Gasteiger partial charge in [-0.1, -0.05) is 13.3 Å². The summed E-state index contributed by atoms with van der Waals surface area (Å²) in [5, 5.41) is 0. The summed E-state index contributed by atoms with van der Waals surface area (Å²) in [6.07, 6.45) is 4.49. The monoisotopic (exact) mass is 259 g/mol. The van der Waals surface area contributed by atoms with E-state index >= 15 is 0 Å². The number of fused-ring (bicyclic) bond motifs is 1. The summed E-state index contributed by atoms with van der Waals surface area (Å²) in [5.41, 5.74) is 2.00. The van der Waals surface area contributed by atoms with Crippen LogP contribution in [0.25, 0.3) is 0 Å². The van der Waals surface area contributed by atoms with Gasteiger partial charge in [-0.15, -0.1) is 0 Å². The summed E-state index contributed by atoms with van der Waals surface area (Å²) in [6, 6.07) is 5.86. The highest BCUT2D eigenvalue weighted by Crippen LogP contribution is 2.27. The van der Waals surface area contributed by atoms with E-state index in [-0.39, 0.29) is 5.91 Å². The molecular formula is C16H21NO2. The van der Waals surface area contributed by atoms with Gasteiger partial charge in [0, 0.05) is 25.1 Å². The number of amides is 1. The maximum absolute atomic E-state index is 12.5. The predicted molar refractivity (Wildman–Crippen MR) is 74.6 cm³/mol. The second kappa shape index (κ2) is 5.24. The summed E-state index contributed by atoms with van der Waals surface area (Å²) in [6.45, 7) is 4.78. The Bertz CT molecular complexity index is 484. The number of hydrogen-bond donors (Lipinski definition) is 0. The first kappa shape index (κ1) is 12.5. The van der Waals surface area contributed by atoms with Gasteiger partial charge in [0.15, 0.2) is 0 Å². The SMILES string of the molecule is CCC1CCCN(C(=O)c2ccc3c(c2)CCO3)C1. The average molecular weight is 259 g/mol. The molecule has 3 nitrogen and oxygen atoms in total. The van der Waals surface area contributed by atoms with Crippen LogP contribution < -0.4 is 4.74 Å². The van der Waals surface area contributed by atoms with E-state index in [1.807, 2.05) is 23.1 Å². The molecular weight excluding hydrogens is 238 g/mol. The van der Waals surface area contributed by atoms with Gasteiger partial charge in [-0.25, -0.2) is 0 Å². The Balaban J connectivity index is 1.76. The van der Waals surface area contributed by atoms with Gasteiger partial charge >= 0.3 is 0 Å². The van der Waals surface area contributed by atoms with Crippen molar-refractivity contribution in [3.05, 3.63) is 29.3 Å². The highest BCUT2D eigenvalue weighted by Gasteiger charge is 2.24. The fourth-order valence-electron chi connectivity index (χ4n) is 3.08. The van der Waals surface area contributed by atoms with Crippen molar-refractivity contribution < 1.29 is 9.53 Å². The van der Waals surface area contributed by atoms with Gasteiger partial charge in [-0.3, -0.25) is 4.79 Å². The second-order valence-corrected chi connectivity index (χ2v) is 5.59. The third-order valence-corrected chi connectivity index (χ3v) is 4.32. The number of likely N-dealkylation sites (tertiary alicyclic amines) is 1. The second-order valence-electron chi connectivity index (χ2n) is 5.59. The number of rotatable bonds is 2. The van der Waals surface area contributed by atoms with Gasteiger partial charge in [-0.2, -0.15) is 0 Å². The quantitative estimate of drug-likeness (QED) is 0.817. The van der Waals surface area contributed by atoms with E-state index in [1.54, 1.807) is 0 Å². The lowest BCUT2D eigenvalue weighted by Crippen LogP contribution is -2.39. The predicted octanol–water partition coefficient (Wildman–Crippen LogP) is 2.88. The van der Waals surface area contributed by atoms with Crippen LogP contribution in [-0.2, 0) is 6.42 Å². The van der Waals surface area contributed by atoms with Crippen LogP contribution in [-0.4, -0.2) is 30.5 Å². The van der Waals surface area contributed by atoms with Crippen molar-refractivity contribution in [3.8, 4) is 5.75 Å². The molecule has 0 aromatic heterocycles. The molecule has 2 aliphatic rings. The van der Waals surface area contributed by atoms with Crippen molar-refractivity contribution in [2.24, 2.45) is 5.92 Å². The minimum atomic E-state index is 0.188. The maximum Gasteiger partial charge on any atom is 0.253 e. The first-order chi connectivity index (χ1) is 9.28. The summed E-state index contributed by atoms with van der Waals surface area (Å²) < 4.78 is 5.49. The van der Waals surface area contributed by atoms with Crippen LogP contribution >= 0.6 is 0 Å². The van der Waals surface area contributed by atoms with Crippen molar-refractivity contribution in [2.45, 2.75) is 32.6 Å². The Labute approximate surface area is 114 Å². The molecule has 1 saturated heterocycles. The van der Waals surface area contributed by atoms with Crippen molar-refractivity contribution in [2.75, 3.05) is 19.7 Å². The molecule has 0 saturated carbocycles. The van der Waals surface area contributed by atoms with Crippen molar-refractivity contribution in [1.29, 1.82) is 0 Å². The minimum Gasteiger partial charge on any atom is -0.493 e. The number of hydrogen-bond acceptors (Lipinski definition) is 2. The molecule has 0 aliphatic carbocycles. The van der Waals surface area contributed by atoms with Crippen LogP contribution in [0, 0.1) is 5.92 Å². The topological polar surface area (TPSA) is 29.5 Å². The fourth-order valence-corrected chi connectivity index (χ4v) is 3.08. The van der Waals surface area contributed by atoms with Crippen LogP contribution in [0.3, 0.4) is 0 Å². The van der Waals surface area contributed by atoms with Gasteiger partial charge in [0.25, 0.3) is 5.91 Å². The normalized spacial score (nSPS) is 21.9. The Kier molecular flexibility index (Phi) is 3.45. The zero-order valence-corrected chi connectivity index (χ0v) is 11.5. The van der Waals surface area contributed by atoms with Crippen molar-refractivity contribution in [3.63, 3.8) is 0 Å². The smallest absolute Gasteiger partial charge is 0.253 e. The number of ether oxygens (including phenoxy) is 1. The molecule has 1 amide bonds. The number of nitrogens with zero attached hydrogens (tertiary/aromatic N) is 1. The molecule has 0 bridgehead atoms. The zero-order valence-electron chi connectivity index (χ0n) is 11.5. The largest absolute Gasteiger partial charge is 0.493 e. The van der Waals surface area contributed by atoms with Gasteiger partial charge < -0.3 is 9.64 Å². The summed E-state index contributed by atoms with van der Waals surface area (Å²) in [7, 11) is 0. The van der Waals surface area contributed by atoms with E-state index in [1.165, 1.54) is 18.4 Å². The average Bonchev–Trinajstić information content (AvgIpc) is 2.94. The number of carbonyl (C=O) groups excluding carboxylic acids is 1. The van der Waals surface area contributed by atoms with Crippen LogP contribution in [0.1, 0.15) is 42.1 Å². The summed E-state index contributed by atoms with van der Waals surface area (Å²) in [4.78, 5) is 14.6. The van der Waals surface area contributed by atoms with Crippen LogP contribution in [0.4, 0.5) is 0 Å². The maximum atomic E-state index is 12.5. The lowest BCUT2D eigenvalue weighted by Gasteiger charge is -2.32. The standard InChI is InChI=1S/C16H21NO2/c1-2-12-4-3-8-17(11-12)16(18)14-5-6-15-13(10-14)7-9-19-15/h5-6,10,12H,2-4,7-9,11H2,1H3. The third kappa shape index (κ3) is 2.46. The third-order valence-electron chi connectivity index (χ3n) is 4.32. The van der Waals surface area contributed by atoms with Gasteiger partial charge in [0.1, 0.15) is 5.75 Å². The first-order valence-corrected chi connectivity index (χ1v) is 7.33. The van der Waals surface area contributed by atoms with Crippen molar-refractivity contribution >= 4 is 5.91 Å². The van der Waals surface area contributed by atoms with E-state index in [2.05, 4.69) is 6.92 Å². The van der Waals surface area contributed by atoms with E-state index in [4.69, 9.17) is 4.74 Å². The lowest BCUT2D eigenvalue weighted by molar-refractivity contribution is 0.0671. The van der Waals surface area contributed by atoms with E-state index in [9.17, 15) is 4.79 Å². The zero-order chi connectivity index (χ0) is 13.2. The van der Waals surface area contributed by atoms with Crippen molar-refractivity contribution in [1.82, 2.24) is 4.90 Å². The fraction of sp³-hybridized carbons (Fsp3) is 0.562. The molecule has 102 valence electrons. The molecule has 2 heterocycles. The Hall–Kier alpha value is -1.51. The highest BCUT2D eigenvalue weighted by atomic mass is 16.5. The lowest BCUT2D eigenvalue weighted by atomic mass is 9.95. The molecule has 19 heavy (non-hydrogen) atoms. The van der Waals surface area contributed by atoms with Gasteiger partial charge in [0.05, 0.1) is 6.61 Å². The summed E-state index contributed by atoms with van der Waals surface area (Å²) in [5.74, 6) is 1.81. The Morgan fingerprint density at radius 3 is 3.21 bits per heavy atom. The molecule has 3 rings (SSSR count). The molecule has 1 aromatic carbocycles. The molecule has 0 radical (unpaired) electrons. The van der Waals surface area contributed by atoms with E-state index < -0.39 is 0 Å².